The summed E-state index contributed by atoms with van der Waals surface area (Å²) >= 11 is 0. The van der Waals surface area contributed by atoms with Crippen molar-refractivity contribution in [3.8, 4) is 5.69 Å². The highest BCUT2D eigenvalue weighted by molar-refractivity contribution is 6.27. The average molecular weight is 520 g/mol. The monoisotopic (exact) mass is 519 g/mol. The quantitative estimate of drug-likeness (QED) is 0.309. The molecule has 2 fully saturated rings. The van der Waals surface area contributed by atoms with Crippen LogP contribution in [0, 0.1) is 0 Å². The molecule has 37 heavy (non-hydrogen) atoms. The first kappa shape index (κ1) is 28.9. The summed E-state index contributed by atoms with van der Waals surface area (Å²) in [6, 6.07) is 10.6. The highest BCUT2D eigenvalue weighted by Crippen LogP contribution is 2.18. The first-order valence-corrected chi connectivity index (χ1v) is 11.3. The number of carboxylic acids is 4. The number of benzene rings is 1. The van der Waals surface area contributed by atoms with Crippen molar-refractivity contribution in [2.24, 2.45) is 0 Å². The number of aliphatic carboxylic acids is 4. The number of nitrogens with zero attached hydrogens (tertiary/aromatic N) is 4. The summed E-state index contributed by atoms with van der Waals surface area (Å²) < 4.78 is 1.92. The van der Waals surface area contributed by atoms with Gasteiger partial charge in [-0.05, 0) is 25.0 Å². The van der Waals surface area contributed by atoms with Gasteiger partial charge in [-0.15, -0.1) is 0 Å². The van der Waals surface area contributed by atoms with E-state index < -0.39 is 23.9 Å². The molecule has 14 nitrogen and oxygen atoms in total. The molecule has 1 saturated heterocycles. The van der Waals surface area contributed by atoms with Crippen molar-refractivity contribution in [1.82, 2.24) is 24.9 Å². The molecule has 1 aromatic heterocycles. The zero-order valence-electron chi connectivity index (χ0n) is 19.9. The van der Waals surface area contributed by atoms with Gasteiger partial charge in [0.25, 0.3) is 0 Å². The number of piperazine rings is 1. The number of carbonyl (C=O) groups is 5. The maximum absolute atomic E-state index is 11.9. The molecule has 1 aromatic carbocycles. The van der Waals surface area contributed by atoms with Crippen LogP contribution in [0.25, 0.3) is 5.69 Å². The summed E-state index contributed by atoms with van der Waals surface area (Å²) in [4.78, 5) is 53.0. The van der Waals surface area contributed by atoms with E-state index in [0.717, 1.165) is 51.3 Å². The lowest BCUT2D eigenvalue weighted by Gasteiger charge is -2.34. The molecule has 2 aromatic rings. The summed E-state index contributed by atoms with van der Waals surface area (Å²) in [5, 5.41) is 37.1. The standard InChI is InChI=1S/C19H25N5O.2C2H2O4/c25-19(21-17-6-7-17)15-23-10-8-22(9-11-23)13-16-12-20-24(14-16)18-4-2-1-3-5-18;2*3-1(4)2(5)6/h1-5,12,14,17H,6-11,13,15H2,(H,21,25);2*(H,3,4)(H,5,6). The van der Waals surface area contributed by atoms with Gasteiger partial charge in [-0.1, -0.05) is 18.2 Å². The largest absolute Gasteiger partial charge is 0.473 e. The maximum atomic E-state index is 11.9. The van der Waals surface area contributed by atoms with E-state index >= 15 is 0 Å². The minimum atomic E-state index is -1.82. The van der Waals surface area contributed by atoms with Gasteiger partial charge in [-0.2, -0.15) is 5.10 Å². The van der Waals surface area contributed by atoms with Crippen LogP contribution in [0.4, 0.5) is 0 Å². The minimum absolute atomic E-state index is 0.181. The Labute approximate surface area is 211 Å². The number of carbonyl (C=O) groups excluding carboxylic acids is 1. The van der Waals surface area contributed by atoms with Gasteiger partial charge in [0.05, 0.1) is 18.4 Å². The summed E-state index contributed by atoms with van der Waals surface area (Å²) in [7, 11) is 0. The molecule has 0 unspecified atom stereocenters. The summed E-state index contributed by atoms with van der Waals surface area (Å²) in [5.41, 5.74) is 2.31. The van der Waals surface area contributed by atoms with Crippen LogP contribution in [-0.2, 0) is 30.5 Å². The van der Waals surface area contributed by atoms with Crippen LogP contribution in [0.15, 0.2) is 42.7 Å². The zero-order valence-corrected chi connectivity index (χ0v) is 19.9. The normalized spacial score (nSPS) is 15.2. The van der Waals surface area contributed by atoms with Gasteiger partial charge >= 0.3 is 23.9 Å². The molecule has 1 saturated carbocycles. The molecule has 0 radical (unpaired) electrons. The first-order valence-electron chi connectivity index (χ1n) is 11.3. The van der Waals surface area contributed by atoms with E-state index in [1.807, 2.05) is 29.1 Å². The van der Waals surface area contributed by atoms with Gasteiger partial charge < -0.3 is 25.7 Å². The zero-order chi connectivity index (χ0) is 27.4. The van der Waals surface area contributed by atoms with E-state index in [-0.39, 0.29) is 5.91 Å². The van der Waals surface area contributed by atoms with Crippen LogP contribution >= 0.6 is 0 Å². The number of rotatable bonds is 6. The summed E-state index contributed by atoms with van der Waals surface area (Å²) in [5.74, 6) is -7.12. The first-order chi connectivity index (χ1) is 17.5. The van der Waals surface area contributed by atoms with Gasteiger partial charge in [0, 0.05) is 50.5 Å². The van der Waals surface area contributed by atoms with Crippen molar-refractivity contribution < 1.29 is 44.4 Å². The van der Waals surface area contributed by atoms with Crippen LogP contribution in [-0.4, -0.2) is 109 Å². The van der Waals surface area contributed by atoms with Gasteiger partial charge in [0.15, 0.2) is 0 Å². The van der Waals surface area contributed by atoms with Crippen LogP contribution in [0.2, 0.25) is 0 Å². The Morgan fingerprint density at radius 3 is 1.81 bits per heavy atom. The van der Waals surface area contributed by atoms with Crippen molar-refractivity contribution in [2.75, 3.05) is 32.7 Å². The maximum Gasteiger partial charge on any atom is 0.414 e. The highest BCUT2D eigenvalue weighted by atomic mass is 16.4. The fourth-order valence-corrected chi connectivity index (χ4v) is 3.23. The molecule has 0 bridgehead atoms. The second-order valence-corrected chi connectivity index (χ2v) is 8.24. The van der Waals surface area contributed by atoms with Crippen LogP contribution in [0.3, 0.4) is 0 Å². The lowest BCUT2D eigenvalue weighted by Crippen LogP contribution is -2.49. The van der Waals surface area contributed by atoms with Crippen LogP contribution in [0.1, 0.15) is 18.4 Å². The Morgan fingerprint density at radius 1 is 0.811 bits per heavy atom. The third-order valence-corrected chi connectivity index (χ3v) is 5.20. The molecule has 1 amide bonds. The molecule has 14 heteroatoms. The summed E-state index contributed by atoms with van der Waals surface area (Å²) in [6.45, 7) is 5.33. The Kier molecular flexibility index (Phi) is 11.2. The molecule has 200 valence electrons. The minimum Gasteiger partial charge on any atom is -0.473 e. The van der Waals surface area contributed by atoms with Crippen molar-refractivity contribution in [3.63, 3.8) is 0 Å². The molecule has 2 aliphatic rings. The van der Waals surface area contributed by atoms with E-state index in [2.05, 4.69) is 38.5 Å². The van der Waals surface area contributed by atoms with Crippen LogP contribution in [0.5, 0.6) is 0 Å². The molecule has 1 aliphatic carbocycles. The number of aromatic nitrogens is 2. The van der Waals surface area contributed by atoms with E-state index in [9.17, 15) is 4.79 Å². The number of nitrogens with one attached hydrogen (secondary N) is 1. The van der Waals surface area contributed by atoms with Crippen molar-refractivity contribution in [1.29, 1.82) is 0 Å². The Balaban J connectivity index is 0.000000336. The molecule has 2 heterocycles. The van der Waals surface area contributed by atoms with E-state index in [1.165, 1.54) is 5.56 Å². The lowest BCUT2D eigenvalue weighted by atomic mass is 10.2. The predicted molar refractivity (Wildman–Crippen MR) is 127 cm³/mol. The number of para-hydroxylation sites is 1. The fourth-order valence-electron chi connectivity index (χ4n) is 3.23. The third-order valence-electron chi connectivity index (χ3n) is 5.20. The van der Waals surface area contributed by atoms with Crippen molar-refractivity contribution in [2.45, 2.75) is 25.4 Å². The van der Waals surface area contributed by atoms with Gasteiger partial charge in [-0.3, -0.25) is 14.6 Å². The van der Waals surface area contributed by atoms with Gasteiger partial charge in [-0.25, -0.2) is 23.9 Å². The van der Waals surface area contributed by atoms with E-state index in [1.54, 1.807) is 0 Å². The third kappa shape index (κ3) is 11.3. The number of carboxylic acid groups (broad SMARTS) is 4. The Bertz CT molecular complexity index is 1030. The topological polar surface area (TPSA) is 203 Å². The number of hydrogen-bond acceptors (Lipinski definition) is 8. The molecule has 5 N–H and O–H groups in total. The molecule has 1 aliphatic heterocycles. The van der Waals surface area contributed by atoms with Crippen molar-refractivity contribution >= 4 is 29.8 Å². The molecular weight excluding hydrogens is 490 g/mol. The Morgan fingerprint density at radius 2 is 1.32 bits per heavy atom. The summed E-state index contributed by atoms with van der Waals surface area (Å²) in [6.07, 6.45) is 6.35. The number of hydrogen-bond donors (Lipinski definition) is 5. The van der Waals surface area contributed by atoms with Crippen LogP contribution < -0.4 is 5.32 Å². The van der Waals surface area contributed by atoms with E-state index in [0.29, 0.717) is 12.6 Å². The fraction of sp³-hybridized carbons (Fsp3) is 0.391. The molecule has 0 spiro atoms. The van der Waals surface area contributed by atoms with E-state index in [4.69, 9.17) is 39.6 Å². The lowest BCUT2D eigenvalue weighted by molar-refractivity contribution is -0.159. The number of amides is 1. The highest BCUT2D eigenvalue weighted by Gasteiger charge is 2.25. The molecular formula is C23H29N5O9. The molecule has 4 rings (SSSR count). The van der Waals surface area contributed by atoms with Gasteiger partial charge in [0.2, 0.25) is 5.91 Å². The average Bonchev–Trinajstić information content (AvgIpc) is 3.55. The second kappa shape index (κ2) is 14.3. The van der Waals surface area contributed by atoms with Crippen molar-refractivity contribution in [3.05, 3.63) is 48.3 Å². The Hall–Kier alpha value is -4.30. The van der Waals surface area contributed by atoms with Gasteiger partial charge in [0.1, 0.15) is 0 Å². The predicted octanol–water partition coefficient (Wildman–Crippen LogP) is -0.420. The molecule has 0 atom stereocenters. The second-order valence-electron chi connectivity index (χ2n) is 8.24. The smallest absolute Gasteiger partial charge is 0.414 e. The SMILES string of the molecule is O=C(CN1CCN(Cc2cnn(-c3ccccc3)c2)CC1)NC1CC1.O=C(O)C(=O)O.O=C(O)C(=O)O.